The van der Waals surface area contributed by atoms with Crippen molar-refractivity contribution < 1.29 is 9.84 Å². The molecule has 1 aliphatic rings. The molecule has 0 radical (unpaired) electrons. The molecule has 0 atom stereocenters. The van der Waals surface area contributed by atoms with E-state index in [0.29, 0.717) is 6.04 Å². The monoisotopic (exact) mass is 249 g/mol. The standard InChI is InChI=1S/C15H23NO2/c1-11-4-5-14(18-3)13(10-11)15(17)8-6-12(16-2)7-9-15/h4-5,10,12,16-17H,6-9H2,1-3H3. The predicted octanol–water partition coefficient (Wildman–Crippen LogP) is 2.35. The molecule has 0 unspecified atom stereocenters. The summed E-state index contributed by atoms with van der Waals surface area (Å²) in [6, 6.07) is 6.55. The maximum absolute atomic E-state index is 10.9. The first-order valence-electron chi connectivity index (χ1n) is 6.64. The van der Waals surface area contributed by atoms with Gasteiger partial charge in [-0.15, -0.1) is 0 Å². The van der Waals surface area contributed by atoms with Gasteiger partial charge in [0.15, 0.2) is 0 Å². The number of aliphatic hydroxyl groups is 1. The molecule has 0 amide bonds. The lowest BCUT2D eigenvalue weighted by molar-refractivity contribution is -0.00951. The van der Waals surface area contributed by atoms with Crippen LogP contribution >= 0.6 is 0 Å². The summed E-state index contributed by atoms with van der Waals surface area (Å²) >= 11 is 0. The Kier molecular flexibility index (Phi) is 3.93. The minimum absolute atomic E-state index is 0.529. The smallest absolute Gasteiger partial charge is 0.124 e. The van der Waals surface area contributed by atoms with Crippen molar-refractivity contribution >= 4 is 0 Å². The zero-order valence-corrected chi connectivity index (χ0v) is 11.5. The molecule has 2 rings (SSSR count). The van der Waals surface area contributed by atoms with E-state index in [1.54, 1.807) is 7.11 Å². The molecule has 1 aromatic rings. The van der Waals surface area contributed by atoms with Gasteiger partial charge in [0.2, 0.25) is 0 Å². The number of rotatable bonds is 3. The number of methoxy groups -OCH3 is 1. The Labute approximate surface area is 109 Å². The lowest BCUT2D eigenvalue weighted by Gasteiger charge is -2.37. The van der Waals surface area contributed by atoms with Gasteiger partial charge in [-0.25, -0.2) is 0 Å². The van der Waals surface area contributed by atoms with E-state index in [0.717, 1.165) is 42.6 Å². The molecule has 0 spiro atoms. The SMILES string of the molecule is CNC1CCC(O)(c2cc(C)ccc2OC)CC1. The third-order valence-electron chi connectivity index (χ3n) is 4.08. The number of nitrogens with one attached hydrogen (secondary N) is 1. The maximum atomic E-state index is 10.9. The molecule has 0 aliphatic heterocycles. The van der Waals surface area contributed by atoms with Crippen molar-refractivity contribution in [1.29, 1.82) is 0 Å². The molecule has 1 saturated carbocycles. The molecule has 18 heavy (non-hydrogen) atoms. The highest BCUT2D eigenvalue weighted by Gasteiger charge is 2.36. The molecule has 3 heteroatoms. The van der Waals surface area contributed by atoms with Crippen LogP contribution in [0.15, 0.2) is 18.2 Å². The lowest BCUT2D eigenvalue weighted by atomic mass is 9.77. The largest absolute Gasteiger partial charge is 0.496 e. The molecule has 0 heterocycles. The fraction of sp³-hybridized carbons (Fsp3) is 0.600. The number of hydrogen-bond donors (Lipinski definition) is 2. The van der Waals surface area contributed by atoms with Crippen molar-refractivity contribution in [3.8, 4) is 5.75 Å². The summed E-state index contributed by atoms with van der Waals surface area (Å²) in [5, 5.41) is 14.2. The van der Waals surface area contributed by atoms with Crippen molar-refractivity contribution in [3.63, 3.8) is 0 Å². The fourth-order valence-electron chi connectivity index (χ4n) is 2.84. The van der Waals surface area contributed by atoms with E-state index >= 15 is 0 Å². The number of hydrogen-bond acceptors (Lipinski definition) is 3. The molecule has 0 bridgehead atoms. The van der Waals surface area contributed by atoms with E-state index in [1.807, 2.05) is 26.1 Å². The van der Waals surface area contributed by atoms with Crippen LogP contribution in [0.1, 0.15) is 36.8 Å². The summed E-state index contributed by atoms with van der Waals surface area (Å²) in [4.78, 5) is 0. The van der Waals surface area contributed by atoms with E-state index in [4.69, 9.17) is 4.74 Å². The van der Waals surface area contributed by atoms with Crippen LogP contribution in [0, 0.1) is 6.92 Å². The normalized spacial score (nSPS) is 28.1. The lowest BCUT2D eigenvalue weighted by Crippen LogP contribution is -2.38. The number of ether oxygens (including phenoxy) is 1. The van der Waals surface area contributed by atoms with Crippen molar-refractivity contribution in [2.24, 2.45) is 0 Å². The van der Waals surface area contributed by atoms with E-state index < -0.39 is 5.60 Å². The first kappa shape index (κ1) is 13.4. The molecular weight excluding hydrogens is 226 g/mol. The highest BCUT2D eigenvalue weighted by molar-refractivity contribution is 5.41. The topological polar surface area (TPSA) is 41.5 Å². The average Bonchev–Trinajstić information content (AvgIpc) is 2.39. The molecule has 1 aromatic carbocycles. The summed E-state index contributed by atoms with van der Waals surface area (Å²) in [6.07, 6.45) is 3.59. The molecule has 2 N–H and O–H groups in total. The zero-order chi connectivity index (χ0) is 13.2. The molecule has 100 valence electrons. The first-order valence-corrected chi connectivity index (χ1v) is 6.64. The Morgan fingerprint density at radius 2 is 2.00 bits per heavy atom. The van der Waals surface area contributed by atoms with E-state index in [2.05, 4.69) is 11.4 Å². The average molecular weight is 249 g/mol. The second kappa shape index (κ2) is 5.29. The quantitative estimate of drug-likeness (QED) is 0.864. The Morgan fingerprint density at radius 3 is 2.56 bits per heavy atom. The molecule has 1 aliphatic carbocycles. The first-order chi connectivity index (χ1) is 8.59. The third kappa shape index (κ3) is 2.52. The Morgan fingerprint density at radius 1 is 1.33 bits per heavy atom. The summed E-state index contributed by atoms with van der Waals surface area (Å²) in [6.45, 7) is 2.05. The van der Waals surface area contributed by atoms with Crippen LogP contribution in [0.25, 0.3) is 0 Å². The van der Waals surface area contributed by atoms with Crippen LogP contribution in [-0.2, 0) is 5.60 Å². The van der Waals surface area contributed by atoms with Gasteiger partial charge in [0.05, 0.1) is 12.7 Å². The van der Waals surface area contributed by atoms with Gasteiger partial charge < -0.3 is 15.2 Å². The Bertz CT molecular complexity index is 409. The van der Waals surface area contributed by atoms with Gasteiger partial charge in [0.1, 0.15) is 5.75 Å². The van der Waals surface area contributed by atoms with Gasteiger partial charge in [-0.2, -0.15) is 0 Å². The summed E-state index contributed by atoms with van der Waals surface area (Å²) in [5.74, 6) is 0.797. The molecular formula is C15H23NO2. The van der Waals surface area contributed by atoms with Crippen molar-refractivity contribution in [3.05, 3.63) is 29.3 Å². The van der Waals surface area contributed by atoms with Crippen molar-refractivity contribution in [2.75, 3.05) is 14.2 Å². The van der Waals surface area contributed by atoms with Gasteiger partial charge in [-0.3, -0.25) is 0 Å². The molecule has 1 fully saturated rings. The highest BCUT2D eigenvalue weighted by atomic mass is 16.5. The Hall–Kier alpha value is -1.06. The molecule has 0 saturated heterocycles. The van der Waals surface area contributed by atoms with Crippen LogP contribution < -0.4 is 10.1 Å². The van der Waals surface area contributed by atoms with Crippen LogP contribution in [0.2, 0.25) is 0 Å². The third-order valence-corrected chi connectivity index (χ3v) is 4.08. The van der Waals surface area contributed by atoms with E-state index in [9.17, 15) is 5.11 Å². The minimum Gasteiger partial charge on any atom is -0.496 e. The van der Waals surface area contributed by atoms with Gasteiger partial charge in [0.25, 0.3) is 0 Å². The minimum atomic E-state index is -0.731. The maximum Gasteiger partial charge on any atom is 0.124 e. The van der Waals surface area contributed by atoms with Gasteiger partial charge in [-0.05, 0) is 51.8 Å². The van der Waals surface area contributed by atoms with Gasteiger partial charge in [-0.1, -0.05) is 11.6 Å². The van der Waals surface area contributed by atoms with Crippen LogP contribution in [0.4, 0.5) is 0 Å². The van der Waals surface area contributed by atoms with Crippen LogP contribution in [-0.4, -0.2) is 25.3 Å². The fourth-order valence-corrected chi connectivity index (χ4v) is 2.84. The van der Waals surface area contributed by atoms with E-state index in [1.165, 1.54) is 0 Å². The molecule has 0 aromatic heterocycles. The number of benzene rings is 1. The van der Waals surface area contributed by atoms with Crippen molar-refractivity contribution in [1.82, 2.24) is 5.32 Å². The second-order valence-corrected chi connectivity index (χ2v) is 5.30. The van der Waals surface area contributed by atoms with E-state index in [-0.39, 0.29) is 0 Å². The van der Waals surface area contributed by atoms with Crippen LogP contribution in [0.5, 0.6) is 5.75 Å². The van der Waals surface area contributed by atoms with Crippen LogP contribution in [0.3, 0.4) is 0 Å². The van der Waals surface area contributed by atoms with Crippen molar-refractivity contribution in [2.45, 2.75) is 44.2 Å². The molecule has 3 nitrogen and oxygen atoms in total. The summed E-state index contributed by atoms with van der Waals surface area (Å²) in [5.41, 5.74) is 1.37. The summed E-state index contributed by atoms with van der Waals surface area (Å²) in [7, 11) is 3.65. The highest BCUT2D eigenvalue weighted by Crippen LogP contribution is 2.41. The Balaban J connectivity index is 2.27. The van der Waals surface area contributed by atoms with Gasteiger partial charge in [0, 0.05) is 11.6 Å². The number of aryl methyl sites for hydroxylation is 1. The van der Waals surface area contributed by atoms with Gasteiger partial charge >= 0.3 is 0 Å². The zero-order valence-electron chi connectivity index (χ0n) is 11.5. The second-order valence-electron chi connectivity index (χ2n) is 5.30. The summed E-state index contributed by atoms with van der Waals surface area (Å²) < 4.78 is 5.40. The predicted molar refractivity (Wildman–Crippen MR) is 72.9 cm³/mol.